The summed E-state index contributed by atoms with van der Waals surface area (Å²) in [5.41, 5.74) is 0. The van der Waals surface area contributed by atoms with Crippen LogP contribution in [0.1, 0.15) is 0 Å². The summed E-state index contributed by atoms with van der Waals surface area (Å²) >= 11 is 0. The monoisotopic (exact) mass is 84.0 g/mol. The zero-order chi connectivity index (χ0) is 3.98. The smallest absolute Gasteiger partial charge is 0.489 e. The number of hydrogen-bond donors (Lipinski definition) is 0. The van der Waals surface area contributed by atoms with E-state index in [0.29, 0.717) is 5.95 Å². The molecule has 0 radical (unpaired) electrons. The van der Waals surface area contributed by atoms with Gasteiger partial charge in [-0.05, 0) is 0 Å². The molecule has 3 heterocycles. The van der Waals surface area contributed by atoms with E-state index in [4.69, 9.17) is 0 Å². The Kier molecular flexibility index (Phi) is 0.203. The second kappa shape index (κ2) is 0.510. The second-order valence-corrected chi connectivity index (χ2v) is 1.10. The van der Waals surface area contributed by atoms with Gasteiger partial charge in [0.2, 0.25) is 0 Å². The first-order valence-electron chi connectivity index (χ1n) is 1.64. The van der Waals surface area contributed by atoms with Gasteiger partial charge in [-0.25, -0.2) is 0 Å². The molecule has 3 rings (SSSR count). The van der Waals surface area contributed by atoms with E-state index in [1.807, 2.05) is 0 Å². The first kappa shape index (κ1) is 2.39. The van der Waals surface area contributed by atoms with Gasteiger partial charge < -0.3 is 14.0 Å². The first-order chi connectivity index (χ1) is 2.95. The fourth-order valence-corrected chi connectivity index (χ4v) is 0.421. The molecule has 0 spiro atoms. The maximum Gasteiger partial charge on any atom is 0.868 e. The lowest BCUT2D eigenvalue weighted by molar-refractivity contribution is 0.0776. The van der Waals surface area contributed by atoms with E-state index in [9.17, 15) is 0 Å². The van der Waals surface area contributed by atoms with Crippen LogP contribution in [0.25, 0.3) is 0 Å². The van der Waals surface area contributed by atoms with Crippen LogP contribution in [0.2, 0.25) is 0 Å². The molecule has 1 fully saturated rings. The largest absolute Gasteiger partial charge is 0.868 e. The Labute approximate surface area is 34.7 Å². The molecule has 2 bridgehead atoms. The van der Waals surface area contributed by atoms with Gasteiger partial charge in [-0.1, -0.05) is 0 Å². The van der Waals surface area contributed by atoms with Crippen LogP contribution in [0.5, 0.6) is 0 Å². The Hall–Kier alpha value is -0.795. The van der Waals surface area contributed by atoms with Gasteiger partial charge in [-0.2, -0.15) is 0 Å². The molecule has 30 valence electrons. The van der Waals surface area contributed by atoms with Crippen molar-refractivity contribution in [2.24, 2.45) is 0 Å². The zero-order valence-corrected chi connectivity index (χ0v) is 2.88. The van der Waals surface area contributed by atoms with Crippen molar-refractivity contribution >= 4 is 7.32 Å². The van der Waals surface area contributed by atoms with Gasteiger partial charge in [0, 0.05) is 0 Å². The highest BCUT2D eigenvalue weighted by Crippen LogP contribution is 2.24. The molecule has 0 aromatic heterocycles. The molecular weight excluding hydrogens is 82.8 g/mol. The molecule has 0 unspecified atom stereocenters. The fraction of sp³-hybridized carbons (Fsp3) is 0. The Bertz CT molecular complexity index is 98.6. The Morgan fingerprint density at radius 3 is 2.50 bits per heavy atom. The van der Waals surface area contributed by atoms with Crippen molar-refractivity contribution in [2.45, 2.75) is 0 Å². The SMILES string of the molecule is C1=C2OB(O1)O2. The molecule has 0 aromatic rings. The average Bonchev–Trinajstić information content (AvgIpc) is 1.72. The summed E-state index contributed by atoms with van der Waals surface area (Å²) in [7, 11) is -0.403. The van der Waals surface area contributed by atoms with Crippen LogP contribution in [-0.2, 0) is 14.0 Å². The van der Waals surface area contributed by atoms with Crippen molar-refractivity contribution in [1.29, 1.82) is 0 Å². The molecule has 1 saturated heterocycles. The minimum absolute atomic E-state index is 0.403. The minimum atomic E-state index is -0.403. The van der Waals surface area contributed by atoms with Crippen molar-refractivity contribution < 1.29 is 14.0 Å². The summed E-state index contributed by atoms with van der Waals surface area (Å²) in [6.07, 6.45) is 1.45. The molecule has 4 heteroatoms. The zero-order valence-electron chi connectivity index (χ0n) is 2.88. The molecule has 0 aromatic carbocycles. The maximum atomic E-state index is 4.67. The molecule has 0 aliphatic carbocycles. The molecule has 3 aliphatic rings. The molecule has 0 atom stereocenters. The van der Waals surface area contributed by atoms with E-state index < -0.39 is 7.32 Å². The molecular formula is C2HBO3. The van der Waals surface area contributed by atoms with Crippen LogP contribution < -0.4 is 0 Å². The Balaban J connectivity index is 2.37. The van der Waals surface area contributed by atoms with E-state index in [-0.39, 0.29) is 0 Å². The standard InChI is InChI=1S/C2HBO3/c1-2-5-3(4-1)6-2/h1H. The van der Waals surface area contributed by atoms with Gasteiger partial charge in [0.15, 0.2) is 0 Å². The quantitative estimate of drug-likeness (QED) is 0.382. The second-order valence-electron chi connectivity index (χ2n) is 1.10. The number of fused-ring (bicyclic) bond motifs is 1. The summed E-state index contributed by atoms with van der Waals surface area (Å²) in [5.74, 6) is 0.500. The number of rotatable bonds is 0. The van der Waals surface area contributed by atoms with Gasteiger partial charge in [0.05, 0.1) is 0 Å². The van der Waals surface area contributed by atoms with Crippen molar-refractivity contribution in [3.05, 3.63) is 12.2 Å². The Morgan fingerprint density at radius 2 is 2.33 bits per heavy atom. The van der Waals surface area contributed by atoms with E-state index in [2.05, 4.69) is 14.0 Å². The van der Waals surface area contributed by atoms with Gasteiger partial charge in [0.25, 0.3) is 5.95 Å². The van der Waals surface area contributed by atoms with E-state index in [0.717, 1.165) is 0 Å². The van der Waals surface area contributed by atoms with Crippen LogP contribution in [-0.4, -0.2) is 7.32 Å². The van der Waals surface area contributed by atoms with Gasteiger partial charge >= 0.3 is 7.32 Å². The van der Waals surface area contributed by atoms with Crippen molar-refractivity contribution in [2.75, 3.05) is 0 Å². The predicted octanol–water partition coefficient (Wildman–Crippen LogP) is -0.153. The van der Waals surface area contributed by atoms with Gasteiger partial charge in [-0.3, -0.25) is 0 Å². The summed E-state index contributed by atoms with van der Waals surface area (Å²) < 4.78 is 14.0. The number of hydrogen-bond acceptors (Lipinski definition) is 3. The molecule has 3 nitrogen and oxygen atoms in total. The normalized spacial score (nSPS) is 22.7. The summed E-state index contributed by atoms with van der Waals surface area (Å²) in [6, 6.07) is 0. The van der Waals surface area contributed by atoms with Crippen molar-refractivity contribution in [1.82, 2.24) is 0 Å². The van der Waals surface area contributed by atoms with Gasteiger partial charge in [-0.15, -0.1) is 0 Å². The average molecular weight is 83.8 g/mol. The first-order valence-corrected chi connectivity index (χ1v) is 1.64. The van der Waals surface area contributed by atoms with Crippen LogP contribution in [0.3, 0.4) is 0 Å². The predicted molar refractivity (Wildman–Crippen MR) is 17.1 cm³/mol. The maximum absolute atomic E-state index is 4.67. The molecule has 6 heavy (non-hydrogen) atoms. The third kappa shape index (κ3) is 0.105. The van der Waals surface area contributed by atoms with Crippen LogP contribution in [0.4, 0.5) is 0 Å². The summed E-state index contributed by atoms with van der Waals surface area (Å²) in [5, 5.41) is 0. The summed E-state index contributed by atoms with van der Waals surface area (Å²) in [6.45, 7) is 0. The molecule has 0 N–H and O–H groups in total. The highest BCUT2D eigenvalue weighted by atomic mass is 16.9. The fourth-order valence-electron chi connectivity index (χ4n) is 0.421. The lowest BCUT2D eigenvalue weighted by Crippen LogP contribution is -2.28. The molecule has 0 saturated carbocycles. The molecule has 0 amide bonds. The lowest BCUT2D eigenvalue weighted by Gasteiger charge is -2.13. The highest BCUT2D eigenvalue weighted by Gasteiger charge is 2.47. The highest BCUT2D eigenvalue weighted by molar-refractivity contribution is 6.41. The van der Waals surface area contributed by atoms with Crippen LogP contribution >= 0.6 is 0 Å². The summed E-state index contributed by atoms with van der Waals surface area (Å²) in [4.78, 5) is 0. The Morgan fingerprint density at radius 1 is 1.50 bits per heavy atom. The van der Waals surface area contributed by atoms with Crippen molar-refractivity contribution in [3.63, 3.8) is 0 Å². The molecule has 3 aliphatic heterocycles. The lowest BCUT2D eigenvalue weighted by atomic mass is 10.2. The van der Waals surface area contributed by atoms with E-state index in [1.54, 1.807) is 0 Å². The van der Waals surface area contributed by atoms with E-state index in [1.165, 1.54) is 6.26 Å². The topological polar surface area (TPSA) is 27.7 Å². The van der Waals surface area contributed by atoms with Gasteiger partial charge in [0.1, 0.15) is 6.26 Å². The minimum Gasteiger partial charge on any atom is -0.489 e. The van der Waals surface area contributed by atoms with Crippen LogP contribution in [0.15, 0.2) is 12.2 Å². The van der Waals surface area contributed by atoms with Crippen LogP contribution in [0, 0.1) is 0 Å². The van der Waals surface area contributed by atoms with E-state index >= 15 is 0 Å². The third-order valence-electron chi connectivity index (χ3n) is 0.700. The van der Waals surface area contributed by atoms with Crippen molar-refractivity contribution in [3.8, 4) is 0 Å². The third-order valence-corrected chi connectivity index (χ3v) is 0.700.